The molecule has 4 heteroatoms. The number of amides is 1. The Hall–Kier alpha value is -1.55. The van der Waals surface area contributed by atoms with Crippen LogP contribution in [0.4, 0.5) is 10.5 Å². The number of aryl methyl sites for hydroxylation is 1. The van der Waals surface area contributed by atoms with Gasteiger partial charge in [-0.05, 0) is 19.1 Å². The van der Waals surface area contributed by atoms with Gasteiger partial charge in [0.15, 0.2) is 0 Å². The Balaban J connectivity index is 0.000000791. The van der Waals surface area contributed by atoms with Crippen LogP contribution in [0.5, 0.6) is 0 Å². The number of hydrogen-bond acceptors (Lipinski definition) is 2. The molecule has 0 heterocycles. The van der Waals surface area contributed by atoms with E-state index in [-0.39, 0.29) is 0 Å². The fourth-order valence-electron chi connectivity index (χ4n) is 0.879. The molecule has 1 aromatic rings. The van der Waals surface area contributed by atoms with Crippen molar-refractivity contribution in [2.75, 3.05) is 19.1 Å². The third-order valence-corrected chi connectivity index (χ3v) is 1.71. The van der Waals surface area contributed by atoms with E-state index in [4.69, 9.17) is 10.2 Å². The lowest BCUT2D eigenvalue weighted by Crippen LogP contribution is -2.23. The highest BCUT2D eigenvalue weighted by atomic mass is 16.4. The minimum Gasteiger partial charge on any atom is -0.465 e. The van der Waals surface area contributed by atoms with E-state index in [1.54, 1.807) is 12.1 Å². The summed E-state index contributed by atoms with van der Waals surface area (Å²) in [6.45, 7) is 1.96. The van der Waals surface area contributed by atoms with Crippen molar-refractivity contribution in [3.05, 3.63) is 29.8 Å². The van der Waals surface area contributed by atoms with Crippen molar-refractivity contribution in [2.24, 2.45) is 0 Å². The molecule has 14 heavy (non-hydrogen) atoms. The van der Waals surface area contributed by atoms with Crippen LogP contribution in [-0.2, 0) is 0 Å². The highest BCUT2D eigenvalue weighted by molar-refractivity contribution is 5.85. The molecule has 1 amide bonds. The number of nitrogens with zero attached hydrogens (tertiary/aromatic N) is 1. The highest BCUT2D eigenvalue weighted by Gasteiger charge is 2.06. The van der Waals surface area contributed by atoms with E-state index < -0.39 is 6.09 Å². The molecule has 0 saturated carbocycles. The van der Waals surface area contributed by atoms with E-state index in [1.807, 2.05) is 19.1 Å². The van der Waals surface area contributed by atoms with Gasteiger partial charge in [-0.25, -0.2) is 4.79 Å². The van der Waals surface area contributed by atoms with E-state index in [9.17, 15) is 4.79 Å². The highest BCUT2D eigenvalue weighted by Crippen LogP contribution is 2.12. The molecular formula is C10H15NO3. The lowest BCUT2D eigenvalue weighted by atomic mass is 10.2. The summed E-state index contributed by atoms with van der Waals surface area (Å²) in [7, 11) is 2.52. The summed E-state index contributed by atoms with van der Waals surface area (Å²) in [6, 6.07) is 7.33. The maximum Gasteiger partial charge on any atom is 0.411 e. The Bertz CT molecular complexity index is 282. The van der Waals surface area contributed by atoms with Gasteiger partial charge in [0.2, 0.25) is 0 Å². The molecule has 2 N–H and O–H groups in total. The van der Waals surface area contributed by atoms with Crippen molar-refractivity contribution >= 4 is 11.8 Å². The van der Waals surface area contributed by atoms with Gasteiger partial charge in [-0.3, -0.25) is 4.90 Å². The zero-order chi connectivity index (χ0) is 11.1. The minimum absolute atomic E-state index is 0.688. The first-order chi connectivity index (χ1) is 6.61. The van der Waals surface area contributed by atoms with E-state index in [1.165, 1.54) is 11.9 Å². The molecule has 78 valence electrons. The number of anilines is 1. The molecule has 0 unspecified atom stereocenters. The fourth-order valence-corrected chi connectivity index (χ4v) is 0.879. The van der Waals surface area contributed by atoms with Gasteiger partial charge in [0, 0.05) is 19.8 Å². The molecule has 1 aromatic carbocycles. The zero-order valence-corrected chi connectivity index (χ0v) is 8.56. The van der Waals surface area contributed by atoms with Crippen molar-refractivity contribution in [2.45, 2.75) is 6.92 Å². The summed E-state index contributed by atoms with van der Waals surface area (Å²) in [5, 5.41) is 15.6. The Morgan fingerprint density at radius 1 is 1.21 bits per heavy atom. The van der Waals surface area contributed by atoms with Crippen molar-refractivity contribution < 1.29 is 15.0 Å². The molecule has 0 aliphatic rings. The Labute approximate surface area is 83.4 Å². The van der Waals surface area contributed by atoms with Gasteiger partial charge in [0.25, 0.3) is 0 Å². The number of rotatable bonds is 1. The van der Waals surface area contributed by atoms with Crippen LogP contribution in [0.3, 0.4) is 0 Å². The van der Waals surface area contributed by atoms with Gasteiger partial charge in [0.05, 0.1) is 0 Å². The van der Waals surface area contributed by atoms with Crippen LogP contribution in [0.15, 0.2) is 24.3 Å². The first-order valence-corrected chi connectivity index (χ1v) is 4.09. The minimum atomic E-state index is -0.946. The van der Waals surface area contributed by atoms with Crippen LogP contribution in [0.2, 0.25) is 0 Å². The largest absolute Gasteiger partial charge is 0.465 e. The normalized spacial score (nSPS) is 8.57. The lowest BCUT2D eigenvalue weighted by Gasteiger charge is -2.12. The summed E-state index contributed by atoms with van der Waals surface area (Å²) in [4.78, 5) is 11.7. The van der Waals surface area contributed by atoms with Crippen LogP contribution in [0.1, 0.15) is 5.56 Å². The van der Waals surface area contributed by atoms with E-state index in [2.05, 4.69) is 0 Å². The van der Waals surface area contributed by atoms with Gasteiger partial charge in [-0.2, -0.15) is 0 Å². The zero-order valence-electron chi connectivity index (χ0n) is 8.56. The topological polar surface area (TPSA) is 60.8 Å². The van der Waals surface area contributed by atoms with E-state index in [0.29, 0.717) is 5.69 Å². The molecule has 0 aliphatic heterocycles. The summed E-state index contributed by atoms with van der Waals surface area (Å²) in [6.07, 6.45) is -0.946. The second kappa shape index (κ2) is 5.99. The molecular weight excluding hydrogens is 182 g/mol. The van der Waals surface area contributed by atoms with Crippen LogP contribution in [-0.4, -0.2) is 30.5 Å². The number of hydrogen-bond donors (Lipinski definition) is 2. The predicted molar refractivity (Wildman–Crippen MR) is 55.7 cm³/mol. The monoisotopic (exact) mass is 197 g/mol. The maximum atomic E-state index is 10.5. The first kappa shape index (κ1) is 12.4. The predicted octanol–water partition coefficient (Wildman–Crippen LogP) is 1.72. The molecule has 0 spiro atoms. The molecule has 0 atom stereocenters. The SMILES string of the molecule is CO.Cc1ccc(N(C)C(=O)O)cc1. The molecule has 4 nitrogen and oxygen atoms in total. The fraction of sp³-hybridized carbons (Fsp3) is 0.300. The maximum absolute atomic E-state index is 10.5. The molecule has 0 saturated heterocycles. The number of aliphatic hydroxyl groups is 1. The van der Waals surface area contributed by atoms with Crippen molar-refractivity contribution in [1.82, 2.24) is 0 Å². The van der Waals surface area contributed by atoms with Gasteiger partial charge in [0.1, 0.15) is 0 Å². The van der Waals surface area contributed by atoms with Gasteiger partial charge < -0.3 is 10.2 Å². The molecule has 0 radical (unpaired) electrons. The number of carbonyl (C=O) groups is 1. The van der Waals surface area contributed by atoms with Crippen molar-refractivity contribution in [3.8, 4) is 0 Å². The summed E-state index contributed by atoms with van der Waals surface area (Å²) < 4.78 is 0. The average Bonchev–Trinajstić information content (AvgIpc) is 2.21. The van der Waals surface area contributed by atoms with E-state index in [0.717, 1.165) is 12.7 Å². The van der Waals surface area contributed by atoms with Gasteiger partial charge in [-0.15, -0.1) is 0 Å². The lowest BCUT2D eigenvalue weighted by molar-refractivity contribution is 0.203. The molecule has 0 aliphatic carbocycles. The van der Waals surface area contributed by atoms with Crippen LogP contribution < -0.4 is 4.90 Å². The third-order valence-electron chi connectivity index (χ3n) is 1.71. The molecule has 0 bridgehead atoms. The number of aliphatic hydroxyl groups excluding tert-OH is 1. The summed E-state index contributed by atoms with van der Waals surface area (Å²) >= 11 is 0. The van der Waals surface area contributed by atoms with Crippen molar-refractivity contribution in [1.29, 1.82) is 0 Å². The van der Waals surface area contributed by atoms with Crippen molar-refractivity contribution in [3.63, 3.8) is 0 Å². The molecule has 0 aromatic heterocycles. The van der Waals surface area contributed by atoms with E-state index >= 15 is 0 Å². The standard InChI is InChI=1S/C9H11NO2.CH4O/c1-7-3-5-8(6-4-7)10(2)9(11)12;1-2/h3-6H,1-2H3,(H,11,12);2H,1H3. The third kappa shape index (κ3) is 3.45. The van der Waals surface area contributed by atoms with Crippen LogP contribution in [0, 0.1) is 6.92 Å². The summed E-state index contributed by atoms with van der Waals surface area (Å²) in [5.74, 6) is 0. The summed E-state index contributed by atoms with van der Waals surface area (Å²) in [5.41, 5.74) is 1.81. The molecule has 1 rings (SSSR count). The Kier molecular flexibility index (Phi) is 5.33. The number of benzene rings is 1. The van der Waals surface area contributed by atoms with Gasteiger partial charge in [-0.1, -0.05) is 17.7 Å². The Morgan fingerprint density at radius 3 is 2.00 bits per heavy atom. The first-order valence-electron chi connectivity index (χ1n) is 4.09. The number of carboxylic acid groups (broad SMARTS) is 1. The second-order valence-electron chi connectivity index (χ2n) is 2.68. The second-order valence-corrected chi connectivity index (χ2v) is 2.68. The van der Waals surface area contributed by atoms with Crippen LogP contribution in [0.25, 0.3) is 0 Å². The van der Waals surface area contributed by atoms with Crippen LogP contribution >= 0.6 is 0 Å². The average molecular weight is 197 g/mol. The smallest absolute Gasteiger partial charge is 0.411 e. The van der Waals surface area contributed by atoms with Gasteiger partial charge >= 0.3 is 6.09 Å². The Morgan fingerprint density at radius 2 is 1.64 bits per heavy atom. The quantitative estimate of drug-likeness (QED) is 0.720. The molecule has 0 fully saturated rings.